The third-order valence-corrected chi connectivity index (χ3v) is 5.59. The summed E-state index contributed by atoms with van der Waals surface area (Å²) in [4.78, 5) is 29.7. The summed E-state index contributed by atoms with van der Waals surface area (Å²) in [7, 11) is 0. The molecule has 2 aliphatic rings. The minimum absolute atomic E-state index is 0.189. The molecular formula is C20H30N4O3. The highest BCUT2D eigenvalue weighted by molar-refractivity contribution is 5.76. The molecule has 7 nitrogen and oxygen atoms in total. The van der Waals surface area contributed by atoms with Crippen LogP contribution in [-0.4, -0.2) is 55.0 Å². The molecule has 3 rings (SSSR count). The van der Waals surface area contributed by atoms with Crippen molar-refractivity contribution in [2.45, 2.75) is 45.4 Å². The normalized spacial score (nSPS) is 17.9. The molecule has 148 valence electrons. The Morgan fingerprint density at radius 1 is 1.04 bits per heavy atom. The molecule has 0 spiro atoms. The zero-order valence-electron chi connectivity index (χ0n) is 16.2. The Labute approximate surface area is 161 Å². The van der Waals surface area contributed by atoms with Crippen LogP contribution in [0.5, 0.6) is 0 Å². The van der Waals surface area contributed by atoms with Crippen molar-refractivity contribution in [1.29, 1.82) is 0 Å². The Balaban J connectivity index is 1.70. The number of amides is 1. The Hall–Kier alpha value is -2.31. The zero-order chi connectivity index (χ0) is 19.2. The molecule has 1 aromatic rings. The summed E-state index contributed by atoms with van der Waals surface area (Å²) in [5, 5.41) is 11.5. The average Bonchev–Trinajstić information content (AvgIpc) is 2.72. The highest BCUT2D eigenvalue weighted by Crippen LogP contribution is 2.34. The van der Waals surface area contributed by atoms with Gasteiger partial charge in [0.1, 0.15) is 5.69 Å². The predicted molar refractivity (Wildman–Crippen MR) is 107 cm³/mol. The fourth-order valence-electron chi connectivity index (χ4n) is 3.95. The summed E-state index contributed by atoms with van der Waals surface area (Å²) in [5.41, 5.74) is 1.94. The number of unbranched alkanes of at least 4 members (excludes halogenated alkanes) is 1. The van der Waals surface area contributed by atoms with E-state index in [1.807, 2.05) is 17.0 Å². The van der Waals surface area contributed by atoms with Crippen LogP contribution in [0.15, 0.2) is 18.2 Å². The number of piperidine rings is 1. The average molecular weight is 374 g/mol. The second-order valence-corrected chi connectivity index (χ2v) is 7.45. The van der Waals surface area contributed by atoms with E-state index < -0.39 is 0 Å². The molecular weight excluding hydrogens is 344 g/mol. The highest BCUT2D eigenvalue weighted by Gasteiger charge is 2.25. The number of carbonyl (C=O) groups excluding carboxylic acids is 1. The van der Waals surface area contributed by atoms with Gasteiger partial charge in [-0.3, -0.25) is 14.9 Å². The van der Waals surface area contributed by atoms with Crippen LogP contribution in [0.3, 0.4) is 0 Å². The monoisotopic (exact) mass is 374 g/mol. The van der Waals surface area contributed by atoms with Crippen molar-refractivity contribution in [1.82, 2.24) is 4.90 Å². The number of piperazine rings is 1. The number of benzene rings is 1. The van der Waals surface area contributed by atoms with Crippen LogP contribution in [0.2, 0.25) is 0 Å². The number of nitro groups is 1. The smallest absolute Gasteiger partial charge is 0.292 e. The van der Waals surface area contributed by atoms with Gasteiger partial charge >= 0.3 is 0 Å². The van der Waals surface area contributed by atoms with E-state index in [1.165, 1.54) is 6.42 Å². The fraction of sp³-hybridized carbons (Fsp3) is 0.650. The van der Waals surface area contributed by atoms with Crippen molar-refractivity contribution in [3.63, 3.8) is 0 Å². The largest absolute Gasteiger partial charge is 0.368 e. The summed E-state index contributed by atoms with van der Waals surface area (Å²) in [6.07, 6.45) is 5.97. The molecule has 0 saturated carbocycles. The number of anilines is 2. The molecule has 2 aliphatic heterocycles. The molecule has 0 aliphatic carbocycles. The van der Waals surface area contributed by atoms with Gasteiger partial charge in [-0.05, 0) is 37.8 Å². The fourth-order valence-corrected chi connectivity index (χ4v) is 3.95. The molecule has 0 aromatic heterocycles. The summed E-state index contributed by atoms with van der Waals surface area (Å²) in [6.45, 7) is 6.84. The van der Waals surface area contributed by atoms with Gasteiger partial charge in [0.05, 0.1) is 4.92 Å². The molecule has 0 radical (unpaired) electrons. The van der Waals surface area contributed by atoms with Crippen LogP contribution >= 0.6 is 0 Å². The lowest BCUT2D eigenvalue weighted by molar-refractivity contribution is -0.384. The van der Waals surface area contributed by atoms with Gasteiger partial charge in [0, 0.05) is 57.4 Å². The Bertz CT molecular complexity index is 665. The molecule has 7 heteroatoms. The standard InChI is InChI=1S/C20H30N4O3/c1-2-3-7-20(25)23-14-12-21(13-15-23)17-8-9-18(24(26)27)19(16-17)22-10-5-4-6-11-22/h8-9,16H,2-7,10-15H2,1H3. The van der Waals surface area contributed by atoms with Crippen LogP contribution in [0.1, 0.15) is 45.4 Å². The first-order valence-electron chi connectivity index (χ1n) is 10.2. The van der Waals surface area contributed by atoms with Gasteiger partial charge in [-0.1, -0.05) is 13.3 Å². The lowest BCUT2D eigenvalue weighted by atomic mass is 10.1. The van der Waals surface area contributed by atoms with Crippen LogP contribution in [-0.2, 0) is 4.79 Å². The van der Waals surface area contributed by atoms with Crippen molar-refractivity contribution in [3.05, 3.63) is 28.3 Å². The van der Waals surface area contributed by atoms with Gasteiger partial charge in [0.15, 0.2) is 0 Å². The van der Waals surface area contributed by atoms with Gasteiger partial charge in [-0.25, -0.2) is 0 Å². The molecule has 27 heavy (non-hydrogen) atoms. The maximum absolute atomic E-state index is 12.2. The Morgan fingerprint density at radius 3 is 2.37 bits per heavy atom. The van der Waals surface area contributed by atoms with Crippen LogP contribution < -0.4 is 9.80 Å². The topological polar surface area (TPSA) is 69.9 Å². The minimum atomic E-state index is -0.280. The Morgan fingerprint density at radius 2 is 1.74 bits per heavy atom. The van der Waals surface area contributed by atoms with Gasteiger partial charge in [-0.2, -0.15) is 0 Å². The summed E-state index contributed by atoms with van der Waals surface area (Å²) in [5.74, 6) is 0.245. The van der Waals surface area contributed by atoms with Gasteiger partial charge < -0.3 is 14.7 Å². The van der Waals surface area contributed by atoms with E-state index in [-0.39, 0.29) is 16.5 Å². The number of nitrogens with zero attached hydrogens (tertiary/aromatic N) is 4. The lowest BCUT2D eigenvalue weighted by Gasteiger charge is -2.37. The van der Waals surface area contributed by atoms with E-state index in [1.54, 1.807) is 6.07 Å². The van der Waals surface area contributed by atoms with E-state index in [0.29, 0.717) is 6.42 Å². The van der Waals surface area contributed by atoms with Crippen LogP contribution in [0.4, 0.5) is 17.1 Å². The van der Waals surface area contributed by atoms with Crippen LogP contribution in [0, 0.1) is 10.1 Å². The highest BCUT2D eigenvalue weighted by atomic mass is 16.6. The first-order chi connectivity index (χ1) is 13.1. The molecule has 2 heterocycles. The van der Waals surface area contributed by atoms with E-state index >= 15 is 0 Å². The maximum atomic E-state index is 12.2. The number of rotatable bonds is 6. The molecule has 1 amide bonds. The van der Waals surface area contributed by atoms with E-state index in [2.05, 4.69) is 16.7 Å². The van der Waals surface area contributed by atoms with Gasteiger partial charge in [0.2, 0.25) is 5.91 Å². The molecule has 0 bridgehead atoms. The zero-order valence-corrected chi connectivity index (χ0v) is 16.2. The van der Waals surface area contributed by atoms with Gasteiger partial charge in [0.25, 0.3) is 5.69 Å². The molecule has 2 fully saturated rings. The van der Waals surface area contributed by atoms with E-state index in [4.69, 9.17) is 0 Å². The summed E-state index contributed by atoms with van der Waals surface area (Å²) < 4.78 is 0. The molecule has 0 atom stereocenters. The first-order valence-corrected chi connectivity index (χ1v) is 10.2. The van der Waals surface area contributed by atoms with Crippen molar-refractivity contribution in [2.75, 3.05) is 49.1 Å². The van der Waals surface area contributed by atoms with Gasteiger partial charge in [-0.15, -0.1) is 0 Å². The number of hydrogen-bond donors (Lipinski definition) is 0. The van der Waals surface area contributed by atoms with Crippen molar-refractivity contribution in [3.8, 4) is 0 Å². The quantitative estimate of drug-likeness (QED) is 0.564. The van der Waals surface area contributed by atoms with E-state index in [0.717, 1.165) is 76.3 Å². The molecule has 1 aromatic carbocycles. The third-order valence-electron chi connectivity index (χ3n) is 5.59. The summed E-state index contributed by atoms with van der Waals surface area (Å²) in [6, 6.07) is 5.45. The number of carbonyl (C=O) groups is 1. The SMILES string of the molecule is CCCCC(=O)N1CCN(c2ccc([N+](=O)[O-])c(N3CCCCC3)c2)CC1. The Kier molecular flexibility index (Phi) is 6.53. The maximum Gasteiger partial charge on any atom is 0.292 e. The van der Waals surface area contributed by atoms with E-state index in [9.17, 15) is 14.9 Å². The lowest BCUT2D eigenvalue weighted by Crippen LogP contribution is -2.48. The second kappa shape index (κ2) is 9.06. The predicted octanol–water partition coefficient (Wildman–Crippen LogP) is 3.42. The van der Waals surface area contributed by atoms with Crippen LogP contribution in [0.25, 0.3) is 0 Å². The third kappa shape index (κ3) is 4.70. The molecule has 0 unspecified atom stereocenters. The molecule has 0 N–H and O–H groups in total. The first kappa shape index (κ1) is 19.5. The minimum Gasteiger partial charge on any atom is -0.368 e. The number of hydrogen-bond acceptors (Lipinski definition) is 5. The molecule has 2 saturated heterocycles. The number of nitro benzene ring substituents is 1. The second-order valence-electron chi connectivity index (χ2n) is 7.45. The van der Waals surface area contributed by atoms with Crippen molar-refractivity contribution in [2.24, 2.45) is 0 Å². The summed E-state index contributed by atoms with van der Waals surface area (Å²) >= 11 is 0. The van der Waals surface area contributed by atoms with Crippen molar-refractivity contribution < 1.29 is 9.72 Å². The van der Waals surface area contributed by atoms with Crippen molar-refractivity contribution >= 4 is 23.0 Å².